The Morgan fingerprint density at radius 1 is 1.33 bits per heavy atom. The van der Waals surface area contributed by atoms with Crippen LogP contribution in [0.2, 0.25) is 0 Å². The zero-order valence-electron chi connectivity index (χ0n) is 10.2. The van der Waals surface area contributed by atoms with E-state index in [2.05, 4.69) is 4.98 Å². The third-order valence-electron chi connectivity index (χ3n) is 2.67. The maximum Gasteiger partial charge on any atom is 0.303 e. The molecular weight excluding hydrogens is 230 g/mol. The number of carboxylic acid groups (broad SMARTS) is 1. The van der Waals surface area contributed by atoms with Crippen molar-refractivity contribution >= 4 is 5.97 Å². The van der Waals surface area contributed by atoms with Gasteiger partial charge in [-0.3, -0.25) is 4.79 Å². The van der Waals surface area contributed by atoms with E-state index in [1.54, 1.807) is 0 Å². The predicted octanol–water partition coefficient (Wildman–Crippen LogP) is 2.59. The molecule has 0 saturated heterocycles. The highest BCUT2D eigenvalue weighted by molar-refractivity contribution is 5.66. The summed E-state index contributed by atoms with van der Waals surface area (Å²) in [4.78, 5) is 14.7. The van der Waals surface area contributed by atoms with Gasteiger partial charge in [-0.15, -0.1) is 0 Å². The average Bonchev–Trinajstić information content (AvgIpc) is 2.77. The molecule has 1 aromatic carbocycles. The number of oxazole rings is 1. The lowest BCUT2D eigenvalue weighted by Crippen LogP contribution is -1.98. The van der Waals surface area contributed by atoms with Crippen LogP contribution in [0.4, 0.5) is 0 Å². The summed E-state index contributed by atoms with van der Waals surface area (Å²) in [6.45, 7) is 2.04. The molecule has 0 unspecified atom stereocenters. The monoisotopic (exact) mass is 245 g/mol. The van der Waals surface area contributed by atoms with Crippen molar-refractivity contribution in [1.82, 2.24) is 4.98 Å². The molecule has 0 radical (unpaired) electrons. The van der Waals surface area contributed by atoms with Crippen LogP contribution in [0.15, 0.2) is 34.9 Å². The number of aliphatic carboxylic acids is 1. The van der Waals surface area contributed by atoms with E-state index in [0.29, 0.717) is 24.4 Å². The topological polar surface area (TPSA) is 63.3 Å². The lowest BCUT2D eigenvalue weighted by molar-refractivity contribution is -0.136. The molecule has 94 valence electrons. The van der Waals surface area contributed by atoms with E-state index in [1.807, 2.05) is 31.2 Å². The quantitative estimate of drug-likeness (QED) is 0.879. The lowest BCUT2D eigenvalue weighted by Gasteiger charge is -1.97. The first-order valence-electron chi connectivity index (χ1n) is 5.84. The summed E-state index contributed by atoms with van der Waals surface area (Å²) in [5.74, 6) is -0.197. The molecule has 4 nitrogen and oxygen atoms in total. The Balaban J connectivity index is 1.97. The molecule has 0 aliphatic rings. The number of carboxylic acids is 1. The summed E-state index contributed by atoms with van der Waals surface area (Å²) in [5, 5.41) is 8.58. The predicted molar refractivity (Wildman–Crippen MR) is 66.4 cm³/mol. The van der Waals surface area contributed by atoms with Gasteiger partial charge in [-0.25, -0.2) is 4.98 Å². The van der Waals surface area contributed by atoms with Gasteiger partial charge in [-0.2, -0.15) is 0 Å². The maximum atomic E-state index is 10.4. The van der Waals surface area contributed by atoms with Gasteiger partial charge in [-0.05, 0) is 12.5 Å². The van der Waals surface area contributed by atoms with Crippen LogP contribution in [0.25, 0.3) is 0 Å². The largest absolute Gasteiger partial charge is 0.481 e. The molecule has 18 heavy (non-hydrogen) atoms. The van der Waals surface area contributed by atoms with Crippen molar-refractivity contribution in [3.05, 3.63) is 53.2 Å². The number of hydrogen-bond donors (Lipinski definition) is 1. The fourth-order valence-corrected chi connectivity index (χ4v) is 1.66. The molecule has 0 fully saturated rings. The van der Waals surface area contributed by atoms with Crippen LogP contribution in [0.5, 0.6) is 0 Å². The lowest BCUT2D eigenvalue weighted by atomic mass is 10.1. The van der Waals surface area contributed by atoms with Crippen LogP contribution in [0, 0.1) is 6.92 Å². The molecule has 2 rings (SSSR count). The van der Waals surface area contributed by atoms with Crippen molar-refractivity contribution < 1.29 is 14.3 Å². The van der Waals surface area contributed by atoms with Crippen LogP contribution in [-0.4, -0.2) is 16.1 Å². The standard InChI is InChI=1S/C14H15NO3/c1-10-2-4-11(5-3-10)8-13-15-12(9-18-13)6-7-14(16)17/h2-5,9H,6-8H2,1H3,(H,16,17). The summed E-state index contributed by atoms with van der Waals surface area (Å²) in [5.41, 5.74) is 3.04. The van der Waals surface area contributed by atoms with Crippen molar-refractivity contribution in [3.63, 3.8) is 0 Å². The molecule has 1 aromatic heterocycles. The minimum atomic E-state index is -0.821. The number of nitrogens with zero attached hydrogens (tertiary/aromatic N) is 1. The minimum Gasteiger partial charge on any atom is -0.481 e. The SMILES string of the molecule is Cc1ccc(Cc2nc(CCC(=O)O)co2)cc1. The molecule has 0 aliphatic heterocycles. The number of aromatic nitrogens is 1. The van der Waals surface area contributed by atoms with E-state index in [-0.39, 0.29) is 6.42 Å². The Labute approximate surface area is 105 Å². The zero-order valence-corrected chi connectivity index (χ0v) is 10.2. The van der Waals surface area contributed by atoms with Gasteiger partial charge in [0.2, 0.25) is 0 Å². The number of hydrogen-bond acceptors (Lipinski definition) is 3. The van der Waals surface area contributed by atoms with Crippen molar-refractivity contribution in [1.29, 1.82) is 0 Å². The van der Waals surface area contributed by atoms with Gasteiger partial charge in [0, 0.05) is 12.8 Å². The number of aryl methyl sites for hydroxylation is 2. The molecule has 0 spiro atoms. The van der Waals surface area contributed by atoms with Crippen molar-refractivity contribution in [2.24, 2.45) is 0 Å². The Kier molecular flexibility index (Phi) is 3.77. The molecule has 0 bridgehead atoms. The molecule has 1 heterocycles. The van der Waals surface area contributed by atoms with E-state index >= 15 is 0 Å². The second kappa shape index (κ2) is 5.49. The van der Waals surface area contributed by atoms with E-state index in [0.717, 1.165) is 5.56 Å². The fourth-order valence-electron chi connectivity index (χ4n) is 1.66. The van der Waals surface area contributed by atoms with Crippen LogP contribution in [0.3, 0.4) is 0 Å². The maximum absolute atomic E-state index is 10.4. The van der Waals surface area contributed by atoms with Gasteiger partial charge in [0.25, 0.3) is 0 Å². The first-order chi connectivity index (χ1) is 8.63. The van der Waals surface area contributed by atoms with E-state index in [9.17, 15) is 4.79 Å². The van der Waals surface area contributed by atoms with Crippen LogP contribution in [0.1, 0.15) is 29.1 Å². The molecule has 1 N–H and O–H groups in total. The van der Waals surface area contributed by atoms with Gasteiger partial charge in [-0.1, -0.05) is 29.8 Å². The van der Waals surface area contributed by atoms with Crippen LogP contribution in [-0.2, 0) is 17.6 Å². The van der Waals surface area contributed by atoms with Gasteiger partial charge in [0.15, 0.2) is 5.89 Å². The van der Waals surface area contributed by atoms with Gasteiger partial charge in [0.1, 0.15) is 6.26 Å². The minimum absolute atomic E-state index is 0.0799. The number of benzene rings is 1. The van der Waals surface area contributed by atoms with Crippen LogP contribution >= 0.6 is 0 Å². The van der Waals surface area contributed by atoms with E-state index < -0.39 is 5.97 Å². The smallest absolute Gasteiger partial charge is 0.303 e. The van der Waals surface area contributed by atoms with Gasteiger partial charge in [0.05, 0.1) is 12.1 Å². The molecule has 2 aromatic rings. The van der Waals surface area contributed by atoms with E-state index in [1.165, 1.54) is 11.8 Å². The summed E-state index contributed by atoms with van der Waals surface area (Å²) >= 11 is 0. The first kappa shape index (κ1) is 12.4. The second-order valence-electron chi connectivity index (χ2n) is 4.29. The molecule has 0 amide bonds. The normalized spacial score (nSPS) is 10.5. The van der Waals surface area contributed by atoms with Crippen molar-refractivity contribution in [3.8, 4) is 0 Å². The summed E-state index contributed by atoms with van der Waals surface area (Å²) in [7, 11) is 0. The Morgan fingerprint density at radius 2 is 2.06 bits per heavy atom. The van der Waals surface area contributed by atoms with Gasteiger partial charge >= 0.3 is 5.97 Å². The molecule has 0 saturated carbocycles. The average molecular weight is 245 g/mol. The molecular formula is C14H15NO3. The zero-order chi connectivity index (χ0) is 13.0. The fraction of sp³-hybridized carbons (Fsp3) is 0.286. The summed E-state index contributed by atoms with van der Waals surface area (Å²) in [6.07, 6.45) is 2.66. The third kappa shape index (κ3) is 3.45. The Hall–Kier alpha value is -2.10. The Morgan fingerprint density at radius 3 is 2.72 bits per heavy atom. The highest BCUT2D eigenvalue weighted by Gasteiger charge is 2.06. The Bertz CT molecular complexity index is 528. The summed E-state index contributed by atoms with van der Waals surface area (Å²) in [6, 6.07) is 8.17. The van der Waals surface area contributed by atoms with E-state index in [4.69, 9.17) is 9.52 Å². The first-order valence-corrected chi connectivity index (χ1v) is 5.84. The highest BCUT2D eigenvalue weighted by atomic mass is 16.4. The van der Waals surface area contributed by atoms with Crippen molar-refractivity contribution in [2.45, 2.75) is 26.2 Å². The molecule has 0 atom stereocenters. The van der Waals surface area contributed by atoms with Crippen molar-refractivity contribution in [2.75, 3.05) is 0 Å². The number of rotatable bonds is 5. The molecule has 4 heteroatoms. The molecule has 0 aliphatic carbocycles. The van der Waals surface area contributed by atoms with Gasteiger partial charge < -0.3 is 9.52 Å². The summed E-state index contributed by atoms with van der Waals surface area (Å²) < 4.78 is 5.33. The second-order valence-corrected chi connectivity index (χ2v) is 4.29. The highest BCUT2D eigenvalue weighted by Crippen LogP contribution is 2.11. The third-order valence-corrected chi connectivity index (χ3v) is 2.67. The van der Waals surface area contributed by atoms with Crippen LogP contribution < -0.4 is 0 Å². The number of carbonyl (C=O) groups is 1.